The van der Waals surface area contributed by atoms with Gasteiger partial charge in [-0.3, -0.25) is 14.4 Å². The summed E-state index contributed by atoms with van der Waals surface area (Å²) in [4.78, 5) is 39.1. The molecular weight excluding hydrogens is 380 g/mol. The molecule has 4 saturated carbocycles. The molecule has 0 aromatic heterocycles. The summed E-state index contributed by atoms with van der Waals surface area (Å²) in [5.74, 6) is 0.970. The van der Waals surface area contributed by atoms with E-state index < -0.39 is 11.9 Å². The van der Waals surface area contributed by atoms with E-state index in [1.54, 1.807) is 4.90 Å². The lowest BCUT2D eigenvalue weighted by Gasteiger charge is -2.56. The Bertz CT molecular complexity index is 827. The number of nitrogens with zero attached hydrogens (tertiary/aromatic N) is 1. The summed E-state index contributed by atoms with van der Waals surface area (Å²) in [6.45, 7) is 2.04. The lowest BCUT2D eigenvalue weighted by atomic mass is 9.53. The van der Waals surface area contributed by atoms with Crippen molar-refractivity contribution in [3.8, 4) is 0 Å². The third-order valence-electron chi connectivity index (χ3n) is 7.59. The smallest absolute Gasteiger partial charge is 0.311 e. The van der Waals surface area contributed by atoms with Crippen molar-refractivity contribution in [2.45, 2.75) is 57.4 Å². The number of aryl methyl sites for hydroxylation is 1. The standard InChI is InChI=1S/C24H30N2O4/c1-15-2-4-20(5-3-15)26-13-19(9-22(26)28)23(29)30-14-21(27)25-24-10-16-6-17(11-24)8-18(7-16)12-24/h2-5,16-19H,6-14H2,1H3,(H,25,27)/t16?,17?,18?,19-,24?/m0/s1. The molecule has 0 radical (unpaired) electrons. The predicted molar refractivity (Wildman–Crippen MR) is 112 cm³/mol. The maximum Gasteiger partial charge on any atom is 0.311 e. The predicted octanol–water partition coefficient (Wildman–Crippen LogP) is 2.98. The van der Waals surface area contributed by atoms with Crippen LogP contribution in [-0.2, 0) is 19.1 Å². The van der Waals surface area contributed by atoms with Gasteiger partial charge in [-0.25, -0.2) is 0 Å². The van der Waals surface area contributed by atoms with E-state index in [0.29, 0.717) is 6.54 Å². The minimum absolute atomic E-state index is 0.0796. The van der Waals surface area contributed by atoms with Gasteiger partial charge in [0.1, 0.15) is 0 Å². The molecule has 5 aliphatic rings. The normalized spacial score (nSPS) is 34.3. The van der Waals surface area contributed by atoms with Gasteiger partial charge >= 0.3 is 5.97 Å². The van der Waals surface area contributed by atoms with E-state index in [9.17, 15) is 14.4 Å². The zero-order chi connectivity index (χ0) is 20.9. The van der Waals surface area contributed by atoms with Gasteiger partial charge in [0.25, 0.3) is 5.91 Å². The third-order valence-corrected chi connectivity index (χ3v) is 7.59. The number of amides is 2. The van der Waals surface area contributed by atoms with Crippen molar-refractivity contribution in [2.24, 2.45) is 23.7 Å². The molecule has 6 heteroatoms. The molecule has 2 amide bonds. The first-order valence-electron chi connectivity index (χ1n) is 11.2. The Balaban J connectivity index is 1.13. The number of hydrogen-bond donors (Lipinski definition) is 1. The van der Waals surface area contributed by atoms with Crippen LogP contribution in [0.4, 0.5) is 5.69 Å². The number of carbonyl (C=O) groups excluding carboxylic acids is 3. The van der Waals surface area contributed by atoms with E-state index in [4.69, 9.17) is 4.74 Å². The molecule has 6 nitrogen and oxygen atoms in total. The van der Waals surface area contributed by atoms with Crippen LogP contribution in [0.1, 0.15) is 50.5 Å². The van der Waals surface area contributed by atoms with Crippen molar-refractivity contribution in [1.82, 2.24) is 5.32 Å². The number of nitrogens with one attached hydrogen (secondary N) is 1. The van der Waals surface area contributed by atoms with Gasteiger partial charge in [0.15, 0.2) is 6.61 Å². The molecule has 0 unspecified atom stereocenters. The van der Waals surface area contributed by atoms with Crippen molar-refractivity contribution < 1.29 is 19.1 Å². The first-order chi connectivity index (χ1) is 14.4. The Morgan fingerprint density at radius 1 is 1.07 bits per heavy atom. The summed E-state index contributed by atoms with van der Waals surface area (Å²) in [5.41, 5.74) is 1.83. The average molecular weight is 411 g/mol. The monoisotopic (exact) mass is 410 g/mol. The molecule has 6 rings (SSSR count). The highest BCUT2D eigenvalue weighted by molar-refractivity contribution is 5.99. The number of anilines is 1. The van der Waals surface area contributed by atoms with Gasteiger partial charge in [-0.1, -0.05) is 17.7 Å². The topological polar surface area (TPSA) is 75.7 Å². The van der Waals surface area contributed by atoms with Crippen molar-refractivity contribution in [3.05, 3.63) is 29.8 Å². The Morgan fingerprint density at radius 3 is 2.27 bits per heavy atom. The van der Waals surface area contributed by atoms with Crippen LogP contribution >= 0.6 is 0 Å². The average Bonchev–Trinajstić information content (AvgIpc) is 3.07. The summed E-state index contributed by atoms with van der Waals surface area (Å²) in [7, 11) is 0. The van der Waals surface area contributed by atoms with Gasteiger partial charge in [0, 0.05) is 24.2 Å². The third kappa shape index (κ3) is 3.72. The van der Waals surface area contributed by atoms with E-state index in [0.717, 1.165) is 48.3 Å². The Hall–Kier alpha value is -2.37. The molecule has 4 bridgehead atoms. The van der Waals surface area contributed by atoms with Crippen LogP contribution in [0.5, 0.6) is 0 Å². The summed E-state index contributed by atoms with van der Waals surface area (Å²) >= 11 is 0. The molecular formula is C24H30N2O4. The first-order valence-corrected chi connectivity index (χ1v) is 11.2. The van der Waals surface area contributed by atoms with E-state index in [1.807, 2.05) is 31.2 Å². The molecule has 1 saturated heterocycles. The van der Waals surface area contributed by atoms with Crippen LogP contribution in [0, 0.1) is 30.6 Å². The van der Waals surface area contributed by atoms with Crippen LogP contribution in [0.3, 0.4) is 0 Å². The molecule has 1 atom stereocenters. The summed E-state index contributed by atoms with van der Waals surface area (Å²) in [5, 5.41) is 3.23. The lowest BCUT2D eigenvalue weighted by Crippen LogP contribution is -2.60. The Morgan fingerprint density at radius 2 is 1.67 bits per heavy atom. The second-order valence-corrected chi connectivity index (χ2v) is 10.1. The van der Waals surface area contributed by atoms with Gasteiger partial charge in [-0.05, 0) is 75.3 Å². The minimum Gasteiger partial charge on any atom is -0.455 e. The van der Waals surface area contributed by atoms with Crippen LogP contribution in [0.2, 0.25) is 0 Å². The fourth-order valence-electron chi connectivity index (χ4n) is 6.69. The van der Waals surface area contributed by atoms with Gasteiger partial charge in [0.2, 0.25) is 5.91 Å². The van der Waals surface area contributed by atoms with Crippen LogP contribution in [0.25, 0.3) is 0 Å². The van der Waals surface area contributed by atoms with Crippen molar-refractivity contribution in [3.63, 3.8) is 0 Å². The number of esters is 1. The molecule has 1 aromatic rings. The highest BCUT2D eigenvalue weighted by Gasteiger charge is 2.51. The van der Waals surface area contributed by atoms with Gasteiger partial charge in [-0.2, -0.15) is 0 Å². The highest BCUT2D eigenvalue weighted by atomic mass is 16.5. The molecule has 1 aliphatic heterocycles. The maximum absolute atomic E-state index is 12.6. The van der Waals surface area contributed by atoms with Crippen LogP contribution in [0.15, 0.2) is 24.3 Å². The number of ether oxygens (including phenoxy) is 1. The molecule has 1 heterocycles. The van der Waals surface area contributed by atoms with E-state index in [-0.39, 0.29) is 30.4 Å². The number of rotatable bonds is 5. The van der Waals surface area contributed by atoms with Gasteiger partial charge in [0.05, 0.1) is 5.92 Å². The van der Waals surface area contributed by atoms with E-state index in [1.165, 1.54) is 19.3 Å². The number of benzene rings is 1. The summed E-state index contributed by atoms with van der Waals surface area (Å²) in [6, 6.07) is 7.67. The van der Waals surface area contributed by atoms with E-state index >= 15 is 0 Å². The first kappa shape index (κ1) is 19.6. The number of hydrogen-bond acceptors (Lipinski definition) is 4. The fraction of sp³-hybridized carbons (Fsp3) is 0.625. The van der Waals surface area contributed by atoms with E-state index in [2.05, 4.69) is 5.32 Å². The maximum atomic E-state index is 12.6. The Kier molecular flexibility index (Phi) is 4.83. The van der Waals surface area contributed by atoms with Crippen LogP contribution in [-0.4, -0.2) is 36.5 Å². The molecule has 1 N–H and O–H groups in total. The highest BCUT2D eigenvalue weighted by Crippen LogP contribution is 2.55. The van der Waals surface area contributed by atoms with Gasteiger partial charge < -0.3 is 15.0 Å². The second kappa shape index (κ2) is 7.40. The molecule has 4 aliphatic carbocycles. The number of carbonyl (C=O) groups is 3. The SMILES string of the molecule is Cc1ccc(N2C[C@@H](C(=O)OCC(=O)NC34CC5CC(CC(C5)C3)C4)CC2=O)cc1. The largest absolute Gasteiger partial charge is 0.455 e. The fourth-order valence-corrected chi connectivity index (χ4v) is 6.69. The zero-order valence-electron chi connectivity index (χ0n) is 17.6. The molecule has 5 fully saturated rings. The zero-order valence-corrected chi connectivity index (χ0v) is 17.6. The summed E-state index contributed by atoms with van der Waals surface area (Å²) < 4.78 is 5.32. The summed E-state index contributed by atoms with van der Waals surface area (Å²) in [6.07, 6.45) is 7.29. The minimum atomic E-state index is -0.522. The quantitative estimate of drug-likeness (QED) is 0.758. The molecule has 0 spiro atoms. The van der Waals surface area contributed by atoms with Crippen molar-refractivity contribution in [1.29, 1.82) is 0 Å². The van der Waals surface area contributed by atoms with Crippen molar-refractivity contribution in [2.75, 3.05) is 18.1 Å². The second-order valence-electron chi connectivity index (χ2n) is 10.1. The molecule has 30 heavy (non-hydrogen) atoms. The Labute approximate surface area is 177 Å². The van der Waals surface area contributed by atoms with Gasteiger partial charge in [-0.15, -0.1) is 0 Å². The van der Waals surface area contributed by atoms with Crippen molar-refractivity contribution >= 4 is 23.5 Å². The van der Waals surface area contributed by atoms with Crippen LogP contribution < -0.4 is 10.2 Å². The molecule has 1 aromatic carbocycles. The molecule has 160 valence electrons. The lowest BCUT2D eigenvalue weighted by molar-refractivity contribution is -0.153.